The quantitative estimate of drug-likeness (QED) is 0.767. The zero-order valence-electron chi connectivity index (χ0n) is 8.73. The number of aliphatic carboxylic acids is 1. The molecule has 0 aliphatic carbocycles. The molecule has 1 fully saturated rings. The average Bonchev–Trinajstić information content (AvgIpc) is 2.67. The van der Waals surface area contributed by atoms with Gasteiger partial charge in [-0.1, -0.05) is 29.8 Å². The number of hydrogen-bond donors (Lipinski definition) is 2. The molecule has 3 nitrogen and oxygen atoms in total. The predicted octanol–water partition coefficient (Wildman–Crippen LogP) is 1.38. The number of rotatable bonds is 2. The van der Waals surface area contributed by atoms with Gasteiger partial charge in [-0.15, -0.1) is 0 Å². The van der Waals surface area contributed by atoms with Crippen molar-refractivity contribution < 1.29 is 9.90 Å². The highest BCUT2D eigenvalue weighted by Crippen LogP contribution is 2.28. The molecule has 0 aromatic heterocycles. The molecular weight excluding hydrogens is 190 g/mol. The summed E-state index contributed by atoms with van der Waals surface area (Å²) in [5, 5.41) is 12.2. The minimum absolute atomic E-state index is 0.114. The Bertz CT molecular complexity index is 358. The molecule has 2 N–H and O–H groups in total. The molecule has 2 rings (SSSR count). The number of benzene rings is 1. The number of carboxylic acid groups (broad SMARTS) is 1. The molecular formula is C12H15NO2. The van der Waals surface area contributed by atoms with Crippen LogP contribution in [0.25, 0.3) is 0 Å². The lowest BCUT2D eigenvalue weighted by molar-refractivity contribution is -0.141. The van der Waals surface area contributed by atoms with Gasteiger partial charge in [-0.2, -0.15) is 0 Å². The summed E-state index contributed by atoms with van der Waals surface area (Å²) in [6.45, 7) is 3.37. The number of carbonyl (C=O) groups is 1. The Morgan fingerprint density at radius 1 is 1.33 bits per heavy atom. The third-order valence-corrected chi connectivity index (χ3v) is 3.04. The molecule has 1 aliphatic heterocycles. The maximum absolute atomic E-state index is 11.0. The van der Waals surface area contributed by atoms with Crippen LogP contribution < -0.4 is 5.32 Å². The van der Waals surface area contributed by atoms with Gasteiger partial charge in [0, 0.05) is 19.0 Å². The van der Waals surface area contributed by atoms with Crippen molar-refractivity contribution in [1.82, 2.24) is 5.32 Å². The summed E-state index contributed by atoms with van der Waals surface area (Å²) in [7, 11) is 0. The van der Waals surface area contributed by atoms with E-state index in [2.05, 4.69) is 5.32 Å². The molecule has 1 heterocycles. The summed E-state index contributed by atoms with van der Waals surface area (Å²) >= 11 is 0. The number of carboxylic acids is 1. The van der Waals surface area contributed by atoms with Crippen LogP contribution in [-0.2, 0) is 4.79 Å². The zero-order chi connectivity index (χ0) is 10.8. The lowest BCUT2D eigenvalue weighted by atomic mass is 9.89. The van der Waals surface area contributed by atoms with Gasteiger partial charge in [0.15, 0.2) is 0 Å². The molecule has 1 saturated heterocycles. The van der Waals surface area contributed by atoms with Crippen molar-refractivity contribution in [2.75, 3.05) is 13.1 Å². The van der Waals surface area contributed by atoms with E-state index in [4.69, 9.17) is 5.11 Å². The molecule has 0 amide bonds. The van der Waals surface area contributed by atoms with Crippen LogP contribution in [-0.4, -0.2) is 24.2 Å². The van der Waals surface area contributed by atoms with Gasteiger partial charge in [0.25, 0.3) is 0 Å². The normalized spacial score (nSPS) is 25.4. The number of nitrogens with one attached hydrogen (secondary N) is 1. The third-order valence-electron chi connectivity index (χ3n) is 3.04. The van der Waals surface area contributed by atoms with Crippen LogP contribution in [0.3, 0.4) is 0 Å². The van der Waals surface area contributed by atoms with Crippen molar-refractivity contribution in [3.8, 4) is 0 Å². The Labute approximate surface area is 89.1 Å². The minimum atomic E-state index is -0.703. The maximum atomic E-state index is 11.0. The molecule has 0 bridgehead atoms. The van der Waals surface area contributed by atoms with Gasteiger partial charge in [0.05, 0.1) is 5.92 Å². The van der Waals surface area contributed by atoms with Gasteiger partial charge in [-0.3, -0.25) is 4.79 Å². The van der Waals surface area contributed by atoms with Gasteiger partial charge in [0.2, 0.25) is 0 Å². The van der Waals surface area contributed by atoms with Crippen LogP contribution in [0.15, 0.2) is 24.3 Å². The first kappa shape index (κ1) is 10.2. The summed E-state index contributed by atoms with van der Waals surface area (Å²) < 4.78 is 0. The second-order valence-corrected chi connectivity index (χ2v) is 4.12. The number of aryl methyl sites for hydroxylation is 1. The van der Waals surface area contributed by atoms with E-state index in [1.165, 1.54) is 5.56 Å². The van der Waals surface area contributed by atoms with E-state index in [9.17, 15) is 4.79 Å². The second kappa shape index (κ2) is 4.03. The lowest BCUT2D eigenvalue weighted by Gasteiger charge is -2.14. The van der Waals surface area contributed by atoms with Crippen molar-refractivity contribution in [3.05, 3.63) is 35.4 Å². The summed E-state index contributed by atoms with van der Waals surface area (Å²) in [5.41, 5.74) is 2.33. The fourth-order valence-corrected chi connectivity index (χ4v) is 2.10. The van der Waals surface area contributed by atoms with Gasteiger partial charge in [-0.25, -0.2) is 0 Å². The van der Waals surface area contributed by atoms with E-state index in [0.717, 1.165) is 12.1 Å². The van der Waals surface area contributed by atoms with E-state index < -0.39 is 5.97 Å². The molecule has 3 heteroatoms. The average molecular weight is 205 g/mol. The first-order chi connectivity index (χ1) is 7.18. The topological polar surface area (TPSA) is 49.3 Å². The molecule has 80 valence electrons. The third kappa shape index (κ3) is 2.02. The first-order valence-corrected chi connectivity index (χ1v) is 5.18. The molecule has 0 radical (unpaired) electrons. The maximum Gasteiger partial charge on any atom is 0.308 e. The summed E-state index contributed by atoms with van der Waals surface area (Å²) in [5.74, 6) is -0.874. The lowest BCUT2D eigenvalue weighted by Crippen LogP contribution is -2.20. The van der Waals surface area contributed by atoms with Crippen molar-refractivity contribution in [2.24, 2.45) is 5.92 Å². The van der Waals surface area contributed by atoms with Crippen LogP contribution in [0.1, 0.15) is 17.0 Å². The van der Waals surface area contributed by atoms with Gasteiger partial charge in [0.1, 0.15) is 0 Å². The Kier molecular flexibility index (Phi) is 2.73. The van der Waals surface area contributed by atoms with E-state index >= 15 is 0 Å². The summed E-state index contributed by atoms with van der Waals surface area (Å²) in [6.07, 6.45) is 0. The van der Waals surface area contributed by atoms with Crippen molar-refractivity contribution >= 4 is 5.97 Å². The molecule has 15 heavy (non-hydrogen) atoms. The molecule has 0 spiro atoms. The Hall–Kier alpha value is -1.35. The predicted molar refractivity (Wildman–Crippen MR) is 57.9 cm³/mol. The minimum Gasteiger partial charge on any atom is -0.481 e. The highest BCUT2D eigenvalue weighted by molar-refractivity contribution is 5.72. The standard InChI is InChI=1S/C12H15NO2/c1-8-2-4-9(5-3-8)10-6-13-7-11(10)12(14)15/h2-5,10-11,13H,6-7H2,1H3,(H,14,15). The Morgan fingerprint density at radius 2 is 2.00 bits per heavy atom. The van der Waals surface area contributed by atoms with Gasteiger partial charge >= 0.3 is 5.97 Å². The highest BCUT2D eigenvalue weighted by atomic mass is 16.4. The molecule has 1 aromatic carbocycles. The summed E-state index contributed by atoms with van der Waals surface area (Å²) in [4.78, 5) is 11.0. The highest BCUT2D eigenvalue weighted by Gasteiger charge is 2.33. The van der Waals surface area contributed by atoms with Crippen LogP contribution in [0.4, 0.5) is 0 Å². The fourth-order valence-electron chi connectivity index (χ4n) is 2.10. The van der Waals surface area contributed by atoms with Gasteiger partial charge in [-0.05, 0) is 12.5 Å². The van der Waals surface area contributed by atoms with Crippen molar-refractivity contribution in [1.29, 1.82) is 0 Å². The van der Waals surface area contributed by atoms with Crippen LogP contribution >= 0.6 is 0 Å². The summed E-state index contributed by atoms with van der Waals surface area (Å²) in [6, 6.07) is 8.13. The molecule has 1 aromatic rings. The van der Waals surface area contributed by atoms with E-state index in [-0.39, 0.29) is 11.8 Å². The van der Waals surface area contributed by atoms with E-state index in [1.54, 1.807) is 0 Å². The Morgan fingerprint density at radius 3 is 2.60 bits per heavy atom. The number of hydrogen-bond acceptors (Lipinski definition) is 2. The second-order valence-electron chi connectivity index (χ2n) is 4.12. The van der Waals surface area contributed by atoms with Crippen molar-refractivity contribution in [3.63, 3.8) is 0 Å². The largest absolute Gasteiger partial charge is 0.481 e. The van der Waals surface area contributed by atoms with E-state index in [1.807, 2.05) is 31.2 Å². The molecule has 2 unspecified atom stereocenters. The SMILES string of the molecule is Cc1ccc(C2CNCC2C(=O)O)cc1. The first-order valence-electron chi connectivity index (χ1n) is 5.18. The molecule has 0 saturated carbocycles. The van der Waals surface area contributed by atoms with Crippen molar-refractivity contribution in [2.45, 2.75) is 12.8 Å². The molecule has 1 aliphatic rings. The van der Waals surface area contributed by atoms with Crippen LogP contribution in [0.2, 0.25) is 0 Å². The zero-order valence-corrected chi connectivity index (χ0v) is 8.73. The van der Waals surface area contributed by atoms with Crippen LogP contribution in [0, 0.1) is 12.8 Å². The fraction of sp³-hybridized carbons (Fsp3) is 0.417. The van der Waals surface area contributed by atoms with Gasteiger partial charge < -0.3 is 10.4 Å². The van der Waals surface area contributed by atoms with E-state index in [0.29, 0.717) is 6.54 Å². The molecule has 2 atom stereocenters. The Balaban J connectivity index is 2.22. The van der Waals surface area contributed by atoms with Crippen LogP contribution in [0.5, 0.6) is 0 Å². The smallest absolute Gasteiger partial charge is 0.308 e. The monoisotopic (exact) mass is 205 g/mol.